The molecule has 2 rings (SSSR count). The van der Waals surface area contributed by atoms with Gasteiger partial charge in [-0.1, -0.05) is 0 Å². The van der Waals surface area contributed by atoms with E-state index in [-0.39, 0.29) is 17.3 Å². The average Bonchev–Trinajstić information content (AvgIpc) is 2.87. The van der Waals surface area contributed by atoms with Gasteiger partial charge in [-0.05, 0) is 31.2 Å². The fourth-order valence-corrected chi connectivity index (χ4v) is 1.53. The molecule has 0 saturated heterocycles. The van der Waals surface area contributed by atoms with Gasteiger partial charge in [0.05, 0.1) is 7.11 Å². The van der Waals surface area contributed by atoms with Gasteiger partial charge in [0.15, 0.2) is 5.76 Å². The second-order valence-corrected chi connectivity index (χ2v) is 3.62. The molecule has 0 aliphatic carbocycles. The van der Waals surface area contributed by atoms with E-state index in [1.807, 2.05) is 0 Å². The van der Waals surface area contributed by atoms with Crippen molar-refractivity contribution < 1.29 is 18.7 Å². The third-order valence-electron chi connectivity index (χ3n) is 2.47. The minimum Gasteiger partial charge on any atom is -0.463 e. The molecule has 5 nitrogen and oxygen atoms in total. The van der Waals surface area contributed by atoms with Crippen LogP contribution in [0.2, 0.25) is 0 Å². The van der Waals surface area contributed by atoms with Crippen LogP contribution in [0.4, 0.5) is 0 Å². The molecule has 18 heavy (non-hydrogen) atoms. The van der Waals surface area contributed by atoms with E-state index in [0.29, 0.717) is 11.3 Å². The number of aryl methyl sites for hydroxylation is 1. The lowest BCUT2D eigenvalue weighted by molar-refractivity contribution is 0.0563. The van der Waals surface area contributed by atoms with Crippen LogP contribution in [0, 0.1) is 6.92 Å². The number of aromatic nitrogens is 1. The van der Waals surface area contributed by atoms with Crippen molar-refractivity contribution in [2.24, 2.45) is 0 Å². The molecule has 0 unspecified atom stereocenters. The molecule has 0 bridgehead atoms. The van der Waals surface area contributed by atoms with Gasteiger partial charge in [0.2, 0.25) is 11.5 Å². The van der Waals surface area contributed by atoms with Crippen molar-refractivity contribution in [2.45, 2.75) is 6.92 Å². The van der Waals surface area contributed by atoms with Gasteiger partial charge >= 0.3 is 5.97 Å². The Balaban J connectivity index is 2.33. The van der Waals surface area contributed by atoms with Crippen LogP contribution in [-0.2, 0) is 4.74 Å². The van der Waals surface area contributed by atoms with Crippen molar-refractivity contribution in [2.75, 3.05) is 7.11 Å². The molecule has 2 aromatic rings. The summed E-state index contributed by atoms with van der Waals surface area (Å²) >= 11 is 0. The van der Waals surface area contributed by atoms with E-state index in [0.717, 1.165) is 0 Å². The maximum Gasteiger partial charge on any atom is 0.373 e. The van der Waals surface area contributed by atoms with Crippen molar-refractivity contribution in [3.63, 3.8) is 0 Å². The van der Waals surface area contributed by atoms with Gasteiger partial charge in [0.1, 0.15) is 0 Å². The number of rotatable bonds is 3. The molecule has 0 aliphatic rings. The Morgan fingerprint density at radius 2 is 1.94 bits per heavy atom. The van der Waals surface area contributed by atoms with Crippen molar-refractivity contribution in [3.05, 3.63) is 53.2 Å². The van der Waals surface area contributed by atoms with Crippen molar-refractivity contribution in [1.29, 1.82) is 0 Å². The van der Waals surface area contributed by atoms with Gasteiger partial charge in [-0.25, -0.2) is 4.79 Å². The normalized spacial score (nSPS) is 10.1. The largest absolute Gasteiger partial charge is 0.463 e. The fourth-order valence-electron chi connectivity index (χ4n) is 1.53. The van der Waals surface area contributed by atoms with Crippen LogP contribution in [0.15, 0.2) is 34.9 Å². The van der Waals surface area contributed by atoms with Crippen molar-refractivity contribution >= 4 is 11.8 Å². The average molecular weight is 245 g/mol. The summed E-state index contributed by atoms with van der Waals surface area (Å²) in [5.74, 6) is -0.832. The summed E-state index contributed by atoms with van der Waals surface area (Å²) in [5, 5.41) is 0. The highest BCUT2D eigenvalue weighted by atomic mass is 16.5. The molecule has 0 spiro atoms. The van der Waals surface area contributed by atoms with E-state index < -0.39 is 5.97 Å². The van der Waals surface area contributed by atoms with E-state index in [1.54, 1.807) is 25.3 Å². The number of hydrogen-bond donors (Lipinski definition) is 0. The topological polar surface area (TPSA) is 69.4 Å². The van der Waals surface area contributed by atoms with E-state index >= 15 is 0 Å². The minimum absolute atomic E-state index is 0.00222. The Bertz CT molecular complexity index is 601. The lowest BCUT2D eigenvalue weighted by Crippen LogP contribution is -2.04. The first-order chi connectivity index (χ1) is 8.63. The van der Waals surface area contributed by atoms with Crippen molar-refractivity contribution in [3.8, 4) is 0 Å². The first-order valence-electron chi connectivity index (χ1n) is 5.28. The third-order valence-corrected chi connectivity index (χ3v) is 2.47. The smallest absolute Gasteiger partial charge is 0.373 e. The Kier molecular flexibility index (Phi) is 3.23. The van der Waals surface area contributed by atoms with E-state index in [4.69, 9.17) is 4.42 Å². The second-order valence-electron chi connectivity index (χ2n) is 3.62. The molecule has 2 heterocycles. The van der Waals surface area contributed by atoms with Crippen LogP contribution in [0.3, 0.4) is 0 Å². The second kappa shape index (κ2) is 4.83. The number of esters is 1. The lowest BCUT2D eigenvalue weighted by atomic mass is 10.1. The molecule has 0 radical (unpaired) electrons. The summed E-state index contributed by atoms with van der Waals surface area (Å²) in [6, 6.07) is 6.18. The van der Waals surface area contributed by atoms with Gasteiger partial charge in [-0.2, -0.15) is 0 Å². The maximum atomic E-state index is 12.1. The highest BCUT2D eigenvalue weighted by Crippen LogP contribution is 2.15. The summed E-state index contributed by atoms with van der Waals surface area (Å²) in [6.07, 6.45) is 1.61. The minimum atomic E-state index is -0.614. The highest BCUT2D eigenvalue weighted by molar-refractivity contribution is 6.08. The Labute approximate surface area is 103 Å². The first kappa shape index (κ1) is 12.0. The predicted octanol–water partition coefficient (Wildman–Crippen LogP) is 2.00. The molecule has 0 fully saturated rings. The van der Waals surface area contributed by atoms with Crippen LogP contribution >= 0.6 is 0 Å². The van der Waals surface area contributed by atoms with Gasteiger partial charge in [0.25, 0.3) is 0 Å². The van der Waals surface area contributed by atoms with Gasteiger partial charge in [-0.3, -0.25) is 9.78 Å². The summed E-state index contributed by atoms with van der Waals surface area (Å²) in [6.45, 7) is 1.73. The van der Waals surface area contributed by atoms with Crippen LogP contribution in [0.5, 0.6) is 0 Å². The molecule has 0 atom stereocenters. The molecule has 92 valence electrons. The predicted molar refractivity (Wildman–Crippen MR) is 62.5 cm³/mol. The Morgan fingerprint density at radius 1 is 1.22 bits per heavy atom. The molecule has 0 aromatic carbocycles. The highest BCUT2D eigenvalue weighted by Gasteiger charge is 2.18. The SMILES string of the molecule is COC(=O)c1ccc(C(=O)c2cccnc2C)o1. The number of hydrogen-bond acceptors (Lipinski definition) is 5. The van der Waals surface area contributed by atoms with Gasteiger partial charge in [-0.15, -0.1) is 0 Å². The first-order valence-corrected chi connectivity index (χ1v) is 5.28. The molecular weight excluding hydrogens is 234 g/mol. The number of methoxy groups -OCH3 is 1. The molecule has 5 heteroatoms. The summed E-state index contributed by atoms with van der Waals surface area (Å²) < 4.78 is 9.66. The zero-order chi connectivity index (χ0) is 13.1. The number of nitrogens with zero attached hydrogens (tertiary/aromatic N) is 1. The van der Waals surface area contributed by atoms with Crippen LogP contribution in [0.25, 0.3) is 0 Å². The molecular formula is C13H11NO4. The van der Waals surface area contributed by atoms with E-state index in [2.05, 4.69) is 9.72 Å². The quantitative estimate of drug-likeness (QED) is 0.611. The Hall–Kier alpha value is -2.43. The number of carbonyl (C=O) groups is 2. The number of furan rings is 1. The van der Waals surface area contributed by atoms with Crippen LogP contribution in [-0.4, -0.2) is 23.8 Å². The number of pyridine rings is 1. The summed E-state index contributed by atoms with van der Waals surface area (Å²) in [5.41, 5.74) is 1.06. The van der Waals surface area contributed by atoms with Gasteiger partial charge in [0, 0.05) is 17.5 Å². The maximum absolute atomic E-state index is 12.1. The number of carbonyl (C=O) groups excluding carboxylic acids is 2. The molecule has 0 N–H and O–H groups in total. The van der Waals surface area contributed by atoms with E-state index in [1.165, 1.54) is 19.2 Å². The lowest BCUT2D eigenvalue weighted by Gasteiger charge is -2.00. The standard InChI is InChI=1S/C13H11NO4/c1-8-9(4-3-7-14-8)12(15)10-5-6-11(18-10)13(16)17-2/h3-7H,1-2H3. The van der Waals surface area contributed by atoms with Crippen LogP contribution < -0.4 is 0 Å². The molecule has 0 aliphatic heterocycles. The number of ketones is 1. The summed E-state index contributed by atoms with van der Waals surface area (Å²) in [4.78, 5) is 27.3. The fraction of sp³-hybridized carbons (Fsp3) is 0.154. The van der Waals surface area contributed by atoms with E-state index in [9.17, 15) is 9.59 Å². The number of ether oxygens (including phenoxy) is 1. The molecule has 0 amide bonds. The monoisotopic (exact) mass is 245 g/mol. The Morgan fingerprint density at radius 3 is 2.61 bits per heavy atom. The summed E-state index contributed by atoms with van der Waals surface area (Å²) in [7, 11) is 1.25. The zero-order valence-corrected chi connectivity index (χ0v) is 9.97. The molecule has 2 aromatic heterocycles. The van der Waals surface area contributed by atoms with Crippen LogP contribution in [0.1, 0.15) is 32.4 Å². The van der Waals surface area contributed by atoms with Gasteiger partial charge < -0.3 is 9.15 Å². The zero-order valence-electron chi connectivity index (χ0n) is 9.97. The third kappa shape index (κ3) is 2.15. The molecule has 0 saturated carbocycles. The van der Waals surface area contributed by atoms with Crippen molar-refractivity contribution in [1.82, 2.24) is 4.98 Å².